The minimum atomic E-state index is 0.124. The average Bonchev–Trinajstić information content (AvgIpc) is 2.47. The number of rotatable bonds is 8. The Hall–Kier alpha value is -1.20. The molecule has 0 aromatic heterocycles. The van der Waals surface area contributed by atoms with Gasteiger partial charge >= 0.3 is 0 Å². The third-order valence-electron chi connectivity index (χ3n) is 3.33. The standard InChI is InChI=1S/C15H25N3OS/c1-4-18(5-2)10-11-20-12-15(19)17(3)14-8-6-13(16)7-9-14/h6-9H,4-5,10-12,16H2,1-3H3. The number of benzene rings is 1. The summed E-state index contributed by atoms with van der Waals surface area (Å²) in [5.41, 5.74) is 7.24. The normalized spacial score (nSPS) is 10.8. The highest BCUT2D eigenvalue weighted by Gasteiger charge is 2.10. The quantitative estimate of drug-likeness (QED) is 0.590. The van der Waals surface area contributed by atoms with Crippen LogP contribution in [0.1, 0.15) is 13.8 Å². The van der Waals surface area contributed by atoms with Gasteiger partial charge < -0.3 is 15.5 Å². The molecule has 5 heteroatoms. The highest BCUT2D eigenvalue weighted by molar-refractivity contribution is 7.99. The number of amides is 1. The van der Waals surface area contributed by atoms with Crippen molar-refractivity contribution in [3.8, 4) is 0 Å². The van der Waals surface area contributed by atoms with Crippen molar-refractivity contribution in [3.05, 3.63) is 24.3 Å². The van der Waals surface area contributed by atoms with E-state index in [0.29, 0.717) is 11.4 Å². The number of nitrogen functional groups attached to an aromatic ring is 1. The number of carbonyl (C=O) groups is 1. The van der Waals surface area contributed by atoms with Crippen LogP contribution in [0.25, 0.3) is 0 Å². The molecule has 1 amide bonds. The lowest BCUT2D eigenvalue weighted by atomic mass is 10.2. The van der Waals surface area contributed by atoms with Gasteiger partial charge in [-0.05, 0) is 37.4 Å². The molecule has 4 nitrogen and oxygen atoms in total. The zero-order valence-electron chi connectivity index (χ0n) is 12.6. The Labute approximate surface area is 126 Å². The van der Waals surface area contributed by atoms with Gasteiger partial charge in [-0.2, -0.15) is 11.8 Å². The van der Waals surface area contributed by atoms with Crippen molar-refractivity contribution in [3.63, 3.8) is 0 Å². The molecule has 0 aliphatic heterocycles. The van der Waals surface area contributed by atoms with Crippen LogP contribution in [0.3, 0.4) is 0 Å². The Morgan fingerprint density at radius 1 is 1.20 bits per heavy atom. The fraction of sp³-hybridized carbons (Fsp3) is 0.533. The number of nitrogens with two attached hydrogens (primary N) is 1. The summed E-state index contributed by atoms with van der Waals surface area (Å²) < 4.78 is 0. The summed E-state index contributed by atoms with van der Waals surface area (Å²) in [6, 6.07) is 7.36. The summed E-state index contributed by atoms with van der Waals surface area (Å²) >= 11 is 1.69. The van der Waals surface area contributed by atoms with E-state index in [0.717, 1.165) is 31.1 Å². The summed E-state index contributed by atoms with van der Waals surface area (Å²) in [6.07, 6.45) is 0. The fourth-order valence-corrected chi connectivity index (χ4v) is 2.73. The lowest BCUT2D eigenvalue weighted by molar-refractivity contribution is -0.115. The molecule has 112 valence electrons. The molecular formula is C15H25N3OS. The van der Waals surface area contributed by atoms with Gasteiger partial charge in [-0.3, -0.25) is 4.79 Å². The molecule has 0 radical (unpaired) electrons. The summed E-state index contributed by atoms with van der Waals surface area (Å²) in [5.74, 6) is 1.63. The van der Waals surface area contributed by atoms with Gasteiger partial charge in [0.05, 0.1) is 5.75 Å². The van der Waals surface area contributed by atoms with Gasteiger partial charge in [0.25, 0.3) is 0 Å². The molecule has 0 saturated heterocycles. The van der Waals surface area contributed by atoms with Crippen LogP contribution >= 0.6 is 11.8 Å². The van der Waals surface area contributed by atoms with Crippen molar-refractivity contribution in [1.29, 1.82) is 0 Å². The number of thioether (sulfide) groups is 1. The van der Waals surface area contributed by atoms with E-state index in [1.54, 1.807) is 23.7 Å². The first-order chi connectivity index (χ1) is 9.58. The topological polar surface area (TPSA) is 49.6 Å². The van der Waals surface area contributed by atoms with E-state index in [9.17, 15) is 4.79 Å². The highest BCUT2D eigenvalue weighted by Crippen LogP contribution is 2.16. The zero-order valence-corrected chi connectivity index (χ0v) is 13.4. The first-order valence-corrected chi connectivity index (χ1v) is 8.16. The van der Waals surface area contributed by atoms with Gasteiger partial charge in [-0.15, -0.1) is 0 Å². The maximum atomic E-state index is 12.1. The van der Waals surface area contributed by atoms with Crippen molar-refractivity contribution in [1.82, 2.24) is 4.90 Å². The Balaban J connectivity index is 2.33. The number of anilines is 2. The second-order valence-electron chi connectivity index (χ2n) is 4.62. The van der Waals surface area contributed by atoms with E-state index < -0.39 is 0 Å². The highest BCUT2D eigenvalue weighted by atomic mass is 32.2. The van der Waals surface area contributed by atoms with E-state index in [1.807, 2.05) is 24.3 Å². The van der Waals surface area contributed by atoms with E-state index >= 15 is 0 Å². The molecule has 0 saturated carbocycles. The number of carbonyl (C=O) groups excluding carboxylic acids is 1. The van der Waals surface area contributed by atoms with Crippen LogP contribution in [0.15, 0.2) is 24.3 Å². The molecule has 1 rings (SSSR count). The number of hydrogen-bond acceptors (Lipinski definition) is 4. The molecule has 0 bridgehead atoms. The molecular weight excluding hydrogens is 270 g/mol. The zero-order chi connectivity index (χ0) is 15.0. The maximum absolute atomic E-state index is 12.1. The Kier molecular flexibility index (Phi) is 7.47. The monoisotopic (exact) mass is 295 g/mol. The van der Waals surface area contributed by atoms with Crippen molar-refractivity contribution in [2.75, 3.05) is 48.8 Å². The Morgan fingerprint density at radius 3 is 2.35 bits per heavy atom. The first kappa shape index (κ1) is 16.9. The fourth-order valence-electron chi connectivity index (χ4n) is 1.83. The average molecular weight is 295 g/mol. The third kappa shape index (κ3) is 5.43. The van der Waals surface area contributed by atoms with Crippen LogP contribution in [0.2, 0.25) is 0 Å². The Bertz CT molecular complexity index is 404. The molecule has 0 spiro atoms. The largest absolute Gasteiger partial charge is 0.399 e. The van der Waals surface area contributed by atoms with E-state index in [2.05, 4.69) is 18.7 Å². The lowest BCUT2D eigenvalue weighted by Crippen LogP contribution is -2.29. The molecule has 2 N–H and O–H groups in total. The van der Waals surface area contributed by atoms with Crippen molar-refractivity contribution >= 4 is 29.0 Å². The van der Waals surface area contributed by atoms with E-state index in [4.69, 9.17) is 5.73 Å². The van der Waals surface area contributed by atoms with Gasteiger partial charge in [0.15, 0.2) is 0 Å². The Morgan fingerprint density at radius 2 is 1.80 bits per heavy atom. The van der Waals surface area contributed by atoms with Gasteiger partial charge in [-0.1, -0.05) is 13.8 Å². The molecule has 1 aromatic carbocycles. The van der Waals surface area contributed by atoms with Gasteiger partial charge in [0.2, 0.25) is 5.91 Å². The lowest BCUT2D eigenvalue weighted by Gasteiger charge is -2.19. The van der Waals surface area contributed by atoms with Gasteiger partial charge in [0, 0.05) is 30.7 Å². The molecule has 20 heavy (non-hydrogen) atoms. The number of hydrogen-bond donors (Lipinski definition) is 1. The second kappa shape index (κ2) is 8.87. The van der Waals surface area contributed by atoms with Crippen molar-refractivity contribution in [2.24, 2.45) is 0 Å². The molecule has 0 fully saturated rings. The van der Waals surface area contributed by atoms with Crippen LogP contribution in [0.4, 0.5) is 11.4 Å². The van der Waals surface area contributed by atoms with E-state index in [-0.39, 0.29) is 5.91 Å². The van der Waals surface area contributed by atoms with Crippen LogP contribution in [0.5, 0.6) is 0 Å². The molecule has 0 atom stereocenters. The molecule has 0 heterocycles. The predicted octanol–water partition coefficient (Wildman–Crippen LogP) is 2.31. The van der Waals surface area contributed by atoms with Crippen LogP contribution in [0, 0.1) is 0 Å². The molecule has 0 unspecified atom stereocenters. The van der Waals surface area contributed by atoms with Crippen LogP contribution < -0.4 is 10.6 Å². The molecule has 1 aromatic rings. The summed E-state index contributed by atoms with van der Waals surface area (Å²) in [4.78, 5) is 16.1. The second-order valence-corrected chi connectivity index (χ2v) is 5.73. The maximum Gasteiger partial charge on any atom is 0.236 e. The smallest absolute Gasteiger partial charge is 0.236 e. The molecule has 0 aliphatic carbocycles. The minimum absolute atomic E-state index is 0.124. The SMILES string of the molecule is CCN(CC)CCSCC(=O)N(C)c1ccc(N)cc1. The van der Waals surface area contributed by atoms with Crippen molar-refractivity contribution in [2.45, 2.75) is 13.8 Å². The summed E-state index contributed by atoms with van der Waals surface area (Å²) in [7, 11) is 1.80. The first-order valence-electron chi connectivity index (χ1n) is 7.00. The predicted molar refractivity (Wildman–Crippen MR) is 89.4 cm³/mol. The minimum Gasteiger partial charge on any atom is -0.399 e. The van der Waals surface area contributed by atoms with Gasteiger partial charge in [0.1, 0.15) is 0 Å². The van der Waals surface area contributed by atoms with Crippen LogP contribution in [-0.4, -0.2) is 49.0 Å². The van der Waals surface area contributed by atoms with Gasteiger partial charge in [-0.25, -0.2) is 0 Å². The third-order valence-corrected chi connectivity index (χ3v) is 4.25. The number of nitrogens with zero attached hydrogens (tertiary/aromatic N) is 2. The van der Waals surface area contributed by atoms with Crippen LogP contribution in [-0.2, 0) is 4.79 Å². The summed E-state index contributed by atoms with van der Waals surface area (Å²) in [6.45, 7) is 7.49. The van der Waals surface area contributed by atoms with Crippen molar-refractivity contribution < 1.29 is 4.79 Å². The summed E-state index contributed by atoms with van der Waals surface area (Å²) in [5, 5.41) is 0. The van der Waals surface area contributed by atoms with E-state index in [1.165, 1.54) is 0 Å². The molecule has 0 aliphatic rings.